The Labute approximate surface area is 76.3 Å². The van der Waals surface area contributed by atoms with Gasteiger partial charge >= 0.3 is 0 Å². The minimum absolute atomic E-state index is 0.235. The first-order valence-electron chi connectivity index (χ1n) is 3.80. The van der Waals surface area contributed by atoms with E-state index in [0.29, 0.717) is 0 Å². The van der Waals surface area contributed by atoms with Crippen LogP contribution < -0.4 is 5.32 Å². The molecule has 0 amide bonds. The van der Waals surface area contributed by atoms with Crippen molar-refractivity contribution in [2.24, 2.45) is 4.99 Å². The Hall–Kier alpha value is -1.02. The van der Waals surface area contributed by atoms with E-state index in [-0.39, 0.29) is 5.50 Å². The van der Waals surface area contributed by atoms with Gasteiger partial charge in [0.2, 0.25) is 0 Å². The molecule has 1 aliphatic rings. The summed E-state index contributed by atoms with van der Waals surface area (Å²) in [5.74, 6) is 0. The Morgan fingerprint density at radius 3 is 3.17 bits per heavy atom. The summed E-state index contributed by atoms with van der Waals surface area (Å²) in [6.07, 6.45) is 1.63. The lowest BCUT2D eigenvalue weighted by Gasteiger charge is -2.16. The lowest BCUT2D eigenvalue weighted by atomic mass is 10.1. The number of aliphatic imine (C=N–C) groups is 1. The maximum Gasteiger partial charge on any atom is 0.152 e. The molecule has 0 fully saturated rings. The van der Waals surface area contributed by atoms with Gasteiger partial charge in [-0.1, -0.05) is 29.3 Å². The van der Waals surface area contributed by atoms with Crippen LogP contribution in [-0.4, -0.2) is 6.34 Å². The largest absolute Gasteiger partial charge is 0.346 e. The van der Waals surface area contributed by atoms with E-state index in [9.17, 15) is 0 Å². The monoisotopic (exact) mass is 180 g/mol. The SMILES string of the molecule is Cc1ccc2c(c1)C(Cl)N=CN2. The second-order valence-electron chi connectivity index (χ2n) is 2.85. The minimum Gasteiger partial charge on any atom is -0.346 e. The molecule has 12 heavy (non-hydrogen) atoms. The summed E-state index contributed by atoms with van der Waals surface area (Å²) in [6, 6.07) is 6.12. The standard InChI is InChI=1S/C9H9ClN2/c1-6-2-3-8-7(4-6)9(10)12-5-11-8/h2-5,9H,1H3,(H,11,12). The number of fused-ring (bicyclic) bond motifs is 1. The van der Waals surface area contributed by atoms with Crippen molar-refractivity contribution in [2.75, 3.05) is 5.32 Å². The highest BCUT2D eigenvalue weighted by Gasteiger charge is 2.13. The third kappa shape index (κ3) is 1.18. The molecule has 0 bridgehead atoms. The summed E-state index contributed by atoms with van der Waals surface area (Å²) in [5, 5.41) is 3.04. The fourth-order valence-electron chi connectivity index (χ4n) is 1.26. The van der Waals surface area contributed by atoms with Gasteiger partial charge < -0.3 is 5.32 Å². The van der Waals surface area contributed by atoms with Crippen molar-refractivity contribution >= 4 is 23.6 Å². The van der Waals surface area contributed by atoms with Crippen LogP contribution in [0.15, 0.2) is 23.2 Å². The van der Waals surface area contributed by atoms with E-state index in [1.807, 2.05) is 13.0 Å². The van der Waals surface area contributed by atoms with Crippen molar-refractivity contribution in [1.29, 1.82) is 0 Å². The lowest BCUT2D eigenvalue weighted by molar-refractivity contribution is 1.01. The van der Waals surface area contributed by atoms with E-state index in [4.69, 9.17) is 11.6 Å². The topological polar surface area (TPSA) is 24.4 Å². The normalized spacial score (nSPS) is 20.0. The van der Waals surface area contributed by atoms with Gasteiger partial charge in [0.05, 0.1) is 6.34 Å². The molecule has 2 rings (SSSR count). The fraction of sp³-hybridized carbons (Fsp3) is 0.222. The number of benzene rings is 1. The quantitative estimate of drug-likeness (QED) is 0.482. The number of aryl methyl sites for hydroxylation is 1. The smallest absolute Gasteiger partial charge is 0.152 e. The Bertz CT molecular complexity index is 333. The highest BCUT2D eigenvalue weighted by atomic mass is 35.5. The molecule has 1 atom stereocenters. The molecular weight excluding hydrogens is 172 g/mol. The molecule has 0 saturated heterocycles. The first kappa shape index (κ1) is 7.62. The molecule has 1 aromatic rings. The van der Waals surface area contributed by atoms with Crippen LogP contribution in [0.5, 0.6) is 0 Å². The van der Waals surface area contributed by atoms with Crippen LogP contribution in [0.3, 0.4) is 0 Å². The molecule has 1 unspecified atom stereocenters. The molecule has 2 nitrogen and oxygen atoms in total. The van der Waals surface area contributed by atoms with E-state index in [1.165, 1.54) is 5.56 Å². The number of nitrogens with one attached hydrogen (secondary N) is 1. The van der Waals surface area contributed by atoms with Crippen molar-refractivity contribution in [2.45, 2.75) is 12.4 Å². The summed E-state index contributed by atoms with van der Waals surface area (Å²) in [4.78, 5) is 4.04. The molecule has 3 heteroatoms. The van der Waals surface area contributed by atoms with Crippen LogP contribution in [0.25, 0.3) is 0 Å². The van der Waals surface area contributed by atoms with Gasteiger partial charge in [-0.3, -0.25) is 4.99 Å². The molecule has 0 spiro atoms. The molecule has 62 valence electrons. The average Bonchev–Trinajstić information content (AvgIpc) is 2.07. The molecule has 0 aliphatic carbocycles. The van der Waals surface area contributed by atoms with Gasteiger partial charge in [-0.05, 0) is 13.0 Å². The lowest BCUT2D eigenvalue weighted by Crippen LogP contribution is -2.06. The summed E-state index contributed by atoms with van der Waals surface area (Å²) in [6.45, 7) is 2.04. The number of halogens is 1. The van der Waals surface area contributed by atoms with Crippen LogP contribution in [0, 0.1) is 6.92 Å². The average molecular weight is 181 g/mol. The second kappa shape index (κ2) is 2.79. The van der Waals surface area contributed by atoms with Gasteiger partial charge in [0.25, 0.3) is 0 Å². The van der Waals surface area contributed by atoms with Gasteiger partial charge in [-0.25, -0.2) is 0 Å². The number of alkyl halides is 1. The van der Waals surface area contributed by atoms with Gasteiger partial charge in [0.1, 0.15) is 0 Å². The van der Waals surface area contributed by atoms with Gasteiger partial charge in [-0.15, -0.1) is 0 Å². The molecular formula is C9H9ClN2. The summed E-state index contributed by atoms with van der Waals surface area (Å²) < 4.78 is 0. The number of hydrogen-bond acceptors (Lipinski definition) is 2. The van der Waals surface area contributed by atoms with Gasteiger partial charge in [0.15, 0.2) is 5.50 Å². The van der Waals surface area contributed by atoms with E-state index >= 15 is 0 Å². The van der Waals surface area contributed by atoms with Crippen molar-refractivity contribution in [1.82, 2.24) is 0 Å². The van der Waals surface area contributed by atoms with Crippen molar-refractivity contribution in [3.05, 3.63) is 29.3 Å². The molecule has 0 aromatic heterocycles. The highest BCUT2D eigenvalue weighted by Crippen LogP contribution is 2.31. The van der Waals surface area contributed by atoms with E-state index in [1.54, 1.807) is 6.34 Å². The Morgan fingerprint density at radius 1 is 1.50 bits per heavy atom. The predicted octanol–water partition coefficient (Wildman–Crippen LogP) is 2.69. The summed E-state index contributed by atoms with van der Waals surface area (Å²) >= 11 is 5.98. The van der Waals surface area contributed by atoms with Gasteiger partial charge in [0, 0.05) is 11.3 Å². The molecule has 0 saturated carbocycles. The predicted molar refractivity (Wildman–Crippen MR) is 51.9 cm³/mol. The van der Waals surface area contributed by atoms with E-state index < -0.39 is 0 Å². The van der Waals surface area contributed by atoms with Crippen LogP contribution in [-0.2, 0) is 0 Å². The van der Waals surface area contributed by atoms with Crippen LogP contribution in [0.4, 0.5) is 5.69 Å². The summed E-state index contributed by atoms with van der Waals surface area (Å²) in [7, 11) is 0. The Kier molecular flexibility index (Phi) is 1.77. The Morgan fingerprint density at radius 2 is 2.33 bits per heavy atom. The maximum absolute atomic E-state index is 5.98. The molecule has 1 aromatic carbocycles. The van der Waals surface area contributed by atoms with E-state index in [2.05, 4.69) is 22.4 Å². The van der Waals surface area contributed by atoms with E-state index in [0.717, 1.165) is 11.3 Å². The number of rotatable bonds is 0. The number of hydrogen-bond donors (Lipinski definition) is 1. The zero-order chi connectivity index (χ0) is 8.55. The van der Waals surface area contributed by atoms with Crippen molar-refractivity contribution in [3.8, 4) is 0 Å². The first-order chi connectivity index (χ1) is 5.77. The third-order valence-electron chi connectivity index (χ3n) is 1.89. The van der Waals surface area contributed by atoms with Crippen molar-refractivity contribution in [3.63, 3.8) is 0 Å². The van der Waals surface area contributed by atoms with Gasteiger partial charge in [-0.2, -0.15) is 0 Å². The third-order valence-corrected chi connectivity index (χ3v) is 2.24. The van der Waals surface area contributed by atoms with Crippen LogP contribution in [0.2, 0.25) is 0 Å². The molecule has 1 aliphatic heterocycles. The fourth-order valence-corrected chi connectivity index (χ4v) is 1.50. The van der Waals surface area contributed by atoms with Crippen LogP contribution >= 0.6 is 11.6 Å². The molecule has 1 N–H and O–H groups in total. The zero-order valence-electron chi connectivity index (χ0n) is 6.71. The minimum atomic E-state index is -0.235. The second-order valence-corrected chi connectivity index (χ2v) is 3.26. The van der Waals surface area contributed by atoms with Crippen molar-refractivity contribution < 1.29 is 0 Å². The number of anilines is 1. The number of nitrogens with zero attached hydrogens (tertiary/aromatic N) is 1. The highest BCUT2D eigenvalue weighted by molar-refractivity contribution is 6.22. The first-order valence-corrected chi connectivity index (χ1v) is 4.24. The molecule has 1 heterocycles. The van der Waals surface area contributed by atoms with Crippen LogP contribution in [0.1, 0.15) is 16.6 Å². The Balaban J connectivity index is 2.52. The summed E-state index contributed by atoms with van der Waals surface area (Å²) in [5.41, 5.74) is 3.08. The zero-order valence-corrected chi connectivity index (χ0v) is 7.47. The maximum atomic E-state index is 5.98. The molecule has 0 radical (unpaired) electrons.